The van der Waals surface area contributed by atoms with Gasteiger partial charge >= 0.3 is 6.03 Å². The van der Waals surface area contributed by atoms with Gasteiger partial charge in [0, 0.05) is 25.0 Å². The Kier molecular flexibility index (Phi) is 5.06. The first-order valence-electron chi connectivity index (χ1n) is 4.89. The Balaban J connectivity index is 2.12. The number of nitrogens with two attached hydrogens (primary N) is 1. The number of thiazole rings is 1. The zero-order chi connectivity index (χ0) is 11.1. The number of primary amides is 1. The number of aryl methyl sites for hydroxylation is 1. The molecule has 0 saturated carbocycles. The molecule has 1 heterocycles. The third-order valence-electron chi connectivity index (χ3n) is 1.81. The van der Waals surface area contributed by atoms with Crippen molar-refractivity contribution in [1.82, 2.24) is 15.6 Å². The third kappa shape index (κ3) is 4.75. The highest BCUT2D eigenvalue weighted by molar-refractivity contribution is 7.09. The molecule has 0 aliphatic carbocycles. The van der Waals surface area contributed by atoms with Gasteiger partial charge in [0.25, 0.3) is 0 Å². The van der Waals surface area contributed by atoms with Crippen molar-refractivity contribution in [1.29, 1.82) is 0 Å². The van der Waals surface area contributed by atoms with E-state index in [-0.39, 0.29) is 0 Å². The minimum absolute atomic E-state index is 0.487. The minimum Gasteiger partial charge on any atom is -0.352 e. The lowest BCUT2D eigenvalue weighted by Crippen LogP contribution is -2.35. The van der Waals surface area contributed by atoms with Gasteiger partial charge in [-0.2, -0.15) is 0 Å². The van der Waals surface area contributed by atoms with Crippen molar-refractivity contribution in [3.8, 4) is 0 Å². The summed E-state index contributed by atoms with van der Waals surface area (Å²) in [5, 5.41) is 8.88. The van der Waals surface area contributed by atoms with Crippen LogP contribution in [0.3, 0.4) is 0 Å². The molecule has 0 aliphatic heterocycles. The lowest BCUT2D eigenvalue weighted by atomic mass is 10.4. The maximum atomic E-state index is 10.3. The molecule has 0 bridgehead atoms. The molecule has 0 radical (unpaired) electrons. The van der Waals surface area contributed by atoms with Crippen LogP contribution in [-0.4, -0.2) is 24.1 Å². The Hall–Kier alpha value is -1.14. The predicted molar refractivity (Wildman–Crippen MR) is 60.8 cm³/mol. The van der Waals surface area contributed by atoms with Crippen LogP contribution in [0.4, 0.5) is 4.79 Å². The van der Waals surface area contributed by atoms with Crippen LogP contribution in [0.5, 0.6) is 0 Å². The Morgan fingerprint density at radius 2 is 2.40 bits per heavy atom. The highest BCUT2D eigenvalue weighted by Crippen LogP contribution is 2.09. The van der Waals surface area contributed by atoms with Gasteiger partial charge in [-0.1, -0.05) is 6.92 Å². The van der Waals surface area contributed by atoms with Crippen molar-refractivity contribution < 1.29 is 4.79 Å². The molecule has 2 amide bonds. The molecule has 15 heavy (non-hydrogen) atoms. The molecule has 0 fully saturated rings. The first-order chi connectivity index (χ1) is 7.22. The number of nitrogens with zero attached hydrogens (tertiary/aromatic N) is 1. The lowest BCUT2D eigenvalue weighted by Gasteiger charge is -2.02. The zero-order valence-corrected chi connectivity index (χ0v) is 9.56. The number of urea groups is 1. The van der Waals surface area contributed by atoms with E-state index in [0.717, 1.165) is 23.7 Å². The van der Waals surface area contributed by atoms with E-state index in [1.807, 2.05) is 5.38 Å². The Bertz CT molecular complexity index is 313. The predicted octanol–water partition coefficient (Wildman–Crippen LogP) is 0.463. The van der Waals surface area contributed by atoms with E-state index in [1.54, 1.807) is 11.3 Å². The van der Waals surface area contributed by atoms with Crippen LogP contribution in [0.25, 0.3) is 0 Å². The van der Waals surface area contributed by atoms with E-state index in [1.165, 1.54) is 0 Å². The monoisotopic (exact) mass is 228 g/mol. The molecule has 1 aromatic heterocycles. The van der Waals surface area contributed by atoms with Crippen molar-refractivity contribution in [3.63, 3.8) is 0 Å². The SMILES string of the molecule is CCc1nc(CNCCNC(N)=O)cs1. The second-order valence-corrected chi connectivity index (χ2v) is 4.00. The number of aromatic nitrogens is 1. The molecule has 6 heteroatoms. The fourth-order valence-corrected chi connectivity index (χ4v) is 1.83. The second-order valence-electron chi connectivity index (χ2n) is 3.05. The van der Waals surface area contributed by atoms with Gasteiger partial charge in [0.1, 0.15) is 0 Å². The summed E-state index contributed by atoms with van der Waals surface area (Å²) >= 11 is 1.68. The zero-order valence-electron chi connectivity index (χ0n) is 8.75. The largest absolute Gasteiger partial charge is 0.352 e. The molecule has 0 spiro atoms. The van der Waals surface area contributed by atoms with Gasteiger partial charge in [-0.3, -0.25) is 0 Å². The summed E-state index contributed by atoms with van der Waals surface area (Å²) in [6.45, 7) is 4.06. The van der Waals surface area contributed by atoms with Gasteiger partial charge in [-0.25, -0.2) is 9.78 Å². The standard InChI is InChI=1S/C9H16N4OS/c1-2-8-13-7(6-15-8)5-11-3-4-12-9(10)14/h6,11H,2-5H2,1H3,(H3,10,12,14). The van der Waals surface area contributed by atoms with E-state index < -0.39 is 6.03 Å². The summed E-state index contributed by atoms with van der Waals surface area (Å²) < 4.78 is 0. The van der Waals surface area contributed by atoms with Gasteiger partial charge < -0.3 is 16.4 Å². The number of amides is 2. The second kappa shape index (κ2) is 6.36. The van der Waals surface area contributed by atoms with Crippen molar-refractivity contribution in [2.45, 2.75) is 19.9 Å². The molecule has 0 aliphatic rings. The highest BCUT2D eigenvalue weighted by Gasteiger charge is 1.99. The number of hydrogen-bond acceptors (Lipinski definition) is 4. The van der Waals surface area contributed by atoms with Crippen molar-refractivity contribution in [3.05, 3.63) is 16.1 Å². The summed E-state index contributed by atoms with van der Waals surface area (Å²) in [7, 11) is 0. The van der Waals surface area contributed by atoms with Crippen molar-refractivity contribution in [2.75, 3.05) is 13.1 Å². The molecule has 1 aromatic rings. The average Bonchev–Trinajstić information content (AvgIpc) is 2.65. The van der Waals surface area contributed by atoms with Crippen molar-refractivity contribution >= 4 is 17.4 Å². The quantitative estimate of drug-likeness (QED) is 0.619. The number of hydrogen-bond donors (Lipinski definition) is 3. The lowest BCUT2D eigenvalue weighted by molar-refractivity contribution is 0.249. The van der Waals surface area contributed by atoms with Crippen LogP contribution >= 0.6 is 11.3 Å². The molecular weight excluding hydrogens is 212 g/mol. The van der Waals surface area contributed by atoms with Gasteiger partial charge in [-0.15, -0.1) is 11.3 Å². The summed E-state index contributed by atoms with van der Waals surface area (Å²) in [6.07, 6.45) is 0.980. The van der Waals surface area contributed by atoms with Gasteiger partial charge in [0.15, 0.2) is 0 Å². The fourth-order valence-electron chi connectivity index (χ4n) is 1.08. The maximum Gasteiger partial charge on any atom is 0.312 e. The third-order valence-corrected chi connectivity index (χ3v) is 2.85. The number of carbonyl (C=O) groups is 1. The molecular formula is C9H16N4OS. The van der Waals surface area contributed by atoms with E-state index >= 15 is 0 Å². The minimum atomic E-state index is -0.487. The van der Waals surface area contributed by atoms with E-state index in [9.17, 15) is 4.79 Å². The van der Waals surface area contributed by atoms with Crippen LogP contribution in [-0.2, 0) is 13.0 Å². The van der Waals surface area contributed by atoms with E-state index in [4.69, 9.17) is 5.73 Å². The number of nitrogens with one attached hydrogen (secondary N) is 2. The molecule has 0 unspecified atom stereocenters. The van der Waals surface area contributed by atoms with E-state index in [2.05, 4.69) is 22.5 Å². The van der Waals surface area contributed by atoms with Crippen molar-refractivity contribution in [2.24, 2.45) is 5.73 Å². The van der Waals surface area contributed by atoms with Crippen LogP contribution in [0.2, 0.25) is 0 Å². The maximum absolute atomic E-state index is 10.3. The van der Waals surface area contributed by atoms with E-state index in [0.29, 0.717) is 13.1 Å². The summed E-state index contributed by atoms with van der Waals surface area (Å²) in [5.41, 5.74) is 5.97. The molecule has 0 saturated heterocycles. The normalized spacial score (nSPS) is 10.2. The molecule has 5 nitrogen and oxygen atoms in total. The topological polar surface area (TPSA) is 80.0 Å². The van der Waals surface area contributed by atoms with Crippen LogP contribution in [0, 0.1) is 0 Å². The molecule has 84 valence electrons. The van der Waals surface area contributed by atoms with Crippen LogP contribution in [0.15, 0.2) is 5.38 Å². The van der Waals surface area contributed by atoms with Gasteiger partial charge in [0.05, 0.1) is 10.7 Å². The molecule has 4 N–H and O–H groups in total. The van der Waals surface area contributed by atoms with Crippen LogP contribution < -0.4 is 16.4 Å². The average molecular weight is 228 g/mol. The number of carbonyl (C=O) groups excluding carboxylic acids is 1. The summed E-state index contributed by atoms with van der Waals surface area (Å²) in [5.74, 6) is 0. The Morgan fingerprint density at radius 1 is 1.60 bits per heavy atom. The highest BCUT2D eigenvalue weighted by atomic mass is 32.1. The summed E-state index contributed by atoms with van der Waals surface area (Å²) in [4.78, 5) is 14.8. The smallest absolute Gasteiger partial charge is 0.312 e. The Labute approximate surface area is 93.1 Å². The van der Waals surface area contributed by atoms with Crippen LogP contribution in [0.1, 0.15) is 17.6 Å². The summed E-state index contributed by atoms with van der Waals surface area (Å²) in [6, 6.07) is -0.487. The first-order valence-corrected chi connectivity index (χ1v) is 5.77. The molecule has 0 atom stereocenters. The van der Waals surface area contributed by atoms with Gasteiger partial charge in [0.2, 0.25) is 0 Å². The van der Waals surface area contributed by atoms with Gasteiger partial charge in [-0.05, 0) is 6.42 Å². The number of rotatable bonds is 6. The first kappa shape index (κ1) is 11.9. The molecule has 0 aromatic carbocycles. The molecule has 1 rings (SSSR count). The fraction of sp³-hybridized carbons (Fsp3) is 0.556. The Morgan fingerprint density at radius 3 is 3.00 bits per heavy atom.